The van der Waals surface area contributed by atoms with Gasteiger partial charge in [-0.05, 0) is 62.6 Å². The molecule has 0 aliphatic rings. The maximum Gasteiger partial charge on any atom is 0.267 e. The van der Waals surface area contributed by atoms with Crippen molar-refractivity contribution in [2.45, 2.75) is 27.7 Å². The molecule has 0 bridgehead atoms. The molecule has 3 rings (SSSR count). The Bertz CT molecular complexity index is 1260. The molecule has 0 radical (unpaired) electrons. The number of ether oxygens (including phenoxy) is 3. The van der Waals surface area contributed by atoms with E-state index in [2.05, 4.69) is 10.5 Å². The average molecular weight is 496 g/mol. The molecule has 1 heterocycles. The molecule has 1 aromatic heterocycles. The number of nitriles is 1. The first kappa shape index (κ1) is 25.7. The first-order valence-corrected chi connectivity index (χ1v) is 11.3. The van der Waals surface area contributed by atoms with Gasteiger partial charge in [0.25, 0.3) is 5.91 Å². The van der Waals surface area contributed by atoms with E-state index in [4.69, 9.17) is 30.3 Å². The lowest BCUT2D eigenvalue weighted by Gasteiger charge is -2.16. The van der Waals surface area contributed by atoms with Crippen molar-refractivity contribution in [1.82, 2.24) is 5.16 Å². The van der Waals surface area contributed by atoms with Crippen LogP contribution in [0, 0.1) is 32.1 Å². The normalized spacial score (nSPS) is 11.0. The third-order valence-corrected chi connectivity index (χ3v) is 5.14. The first-order valence-electron chi connectivity index (χ1n) is 11.0. The summed E-state index contributed by atoms with van der Waals surface area (Å²) in [6.07, 6.45) is 1.41. The van der Waals surface area contributed by atoms with Crippen molar-refractivity contribution in [2.75, 3.05) is 25.1 Å². The van der Waals surface area contributed by atoms with Gasteiger partial charge >= 0.3 is 0 Å². The van der Waals surface area contributed by atoms with Crippen LogP contribution >= 0.6 is 11.6 Å². The third-order valence-electron chi connectivity index (χ3n) is 4.86. The number of para-hydroxylation sites is 1. The molecule has 182 valence electrons. The summed E-state index contributed by atoms with van der Waals surface area (Å²) in [5.74, 6) is 1.70. The summed E-state index contributed by atoms with van der Waals surface area (Å²) in [5.41, 5.74) is 2.45. The molecule has 1 amide bonds. The number of hydrogen-bond donors (Lipinski definition) is 1. The Morgan fingerprint density at radius 1 is 1.11 bits per heavy atom. The molecule has 0 spiro atoms. The second-order valence-electron chi connectivity index (χ2n) is 7.63. The molecular weight excluding hydrogens is 470 g/mol. The molecule has 0 saturated carbocycles. The predicted octanol–water partition coefficient (Wildman–Crippen LogP) is 5.66. The number of nitrogens with zero attached hydrogens (tertiary/aromatic N) is 2. The van der Waals surface area contributed by atoms with E-state index in [-0.39, 0.29) is 23.0 Å². The molecule has 3 aromatic rings. The van der Waals surface area contributed by atoms with Crippen LogP contribution in [0.4, 0.5) is 5.82 Å². The molecule has 0 unspecified atom stereocenters. The van der Waals surface area contributed by atoms with Crippen LogP contribution < -0.4 is 19.5 Å². The minimum atomic E-state index is -0.626. The number of nitrogens with one attached hydrogen (secondary N) is 1. The molecule has 9 heteroatoms. The van der Waals surface area contributed by atoms with Crippen LogP contribution in [0.25, 0.3) is 6.08 Å². The molecule has 2 aromatic carbocycles. The van der Waals surface area contributed by atoms with Crippen LogP contribution in [0.1, 0.15) is 29.4 Å². The standard InChI is InChI=1S/C26H26ClN3O5/c1-5-32-22-14-19(12-20(15-28)26(31)29-23-11-18(4)35-30-23)13-21(27)25(22)34-10-9-33-24-16(2)7-6-8-17(24)3/h6-8,11-14H,5,9-10H2,1-4H3,(H,29,30,31). The number of aromatic nitrogens is 1. The molecular formula is C26H26ClN3O5. The van der Waals surface area contributed by atoms with Crippen molar-refractivity contribution in [3.8, 4) is 23.3 Å². The number of carbonyl (C=O) groups is 1. The van der Waals surface area contributed by atoms with E-state index in [1.165, 1.54) is 6.08 Å². The van der Waals surface area contributed by atoms with Gasteiger partial charge in [-0.2, -0.15) is 5.26 Å². The van der Waals surface area contributed by atoms with Crippen LogP contribution in [0.3, 0.4) is 0 Å². The van der Waals surface area contributed by atoms with Crippen molar-refractivity contribution >= 4 is 29.4 Å². The summed E-state index contributed by atoms with van der Waals surface area (Å²) in [5, 5.41) is 16.0. The Labute approximate surface area is 209 Å². The molecule has 0 saturated heterocycles. The zero-order valence-corrected chi connectivity index (χ0v) is 20.7. The fraction of sp³-hybridized carbons (Fsp3) is 0.269. The third kappa shape index (κ3) is 6.78. The summed E-state index contributed by atoms with van der Waals surface area (Å²) in [6.45, 7) is 8.43. The van der Waals surface area contributed by atoms with Crippen LogP contribution in [0.15, 0.2) is 46.5 Å². The van der Waals surface area contributed by atoms with Crippen molar-refractivity contribution in [3.05, 3.63) is 69.4 Å². The van der Waals surface area contributed by atoms with Gasteiger partial charge in [-0.15, -0.1) is 0 Å². The van der Waals surface area contributed by atoms with Crippen molar-refractivity contribution in [2.24, 2.45) is 0 Å². The SMILES string of the molecule is CCOc1cc(C=C(C#N)C(=O)Nc2cc(C)on2)cc(Cl)c1OCCOc1c(C)cccc1C. The Balaban J connectivity index is 1.73. The summed E-state index contributed by atoms with van der Waals surface area (Å²) in [7, 11) is 0. The fourth-order valence-corrected chi connectivity index (χ4v) is 3.59. The second kappa shape index (κ2) is 12.0. The van der Waals surface area contributed by atoms with E-state index in [1.807, 2.05) is 45.0 Å². The van der Waals surface area contributed by atoms with Gasteiger partial charge in [-0.1, -0.05) is 35.0 Å². The number of anilines is 1. The largest absolute Gasteiger partial charge is 0.490 e. The summed E-state index contributed by atoms with van der Waals surface area (Å²) >= 11 is 6.47. The van der Waals surface area contributed by atoms with Crippen LogP contribution in [0.5, 0.6) is 17.2 Å². The van der Waals surface area contributed by atoms with Gasteiger partial charge in [0, 0.05) is 6.07 Å². The molecule has 35 heavy (non-hydrogen) atoms. The maximum absolute atomic E-state index is 12.5. The Morgan fingerprint density at radius 2 is 1.80 bits per heavy atom. The number of rotatable bonds is 10. The number of halogens is 1. The lowest BCUT2D eigenvalue weighted by Crippen LogP contribution is -2.13. The van der Waals surface area contributed by atoms with E-state index < -0.39 is 5.91 Å². The zero-order valence-electron chi connectivity index (χ0n) is 20.0. The van der Waals surface area contributed by atoms with Crippen LogP contribution in [-0.2, 0) is 4.79 Å². The summed E-state index contributed by atoms with van der Waals surface area (Å²) in [4.78, 5) is 12.5. The Hall–Kier alpha value is -3.96. The number of carbonyl (C=O) groups excluding carboxylic acids is 1. The Morgan fingerprint density at radius 3 is 2.40 bits per heavy atom. The van der Waals surface area contributed by atoms with Gasteiger partial charge in [-0.3, -0.25) is 4.79 Å². The minimum absolute atomic E-state index is 0.139. The average Bonchev–Trinajstić information content (AvgIpc) is 3.22. The Kier molecular flexibility index (Phi) is 8.76. The molecule has 0 aliphatic carbocycles. The lowest BCUT2D eigenvalue weighted by molar-refractivity contribution is -0.112. The molecule has 0 aliphatic heterocycles. The van der Waals surface area contributed by atoms with Crippen molar-refractivity contribution in [3.63, 3.8) is 0 Å². The summed E-state index contributed by atoms with van der Waals surface area (Å²) < 4.78 is 22.4. The monoisotopic (exact) mass is 495 g/mol. The zero-order chi connectivity index (χ0) is 25.4. The van der Waals surface area contributed by atoms with E-state index in [0.717, 1.165) is 16.9 Å². The molecule has 0 fully saturated rings. The number of aryl methyl sites for hydroxylation is 3. The highest BCUT2D eigenvalue weighted by atomic mass is 35.5. The van der Waals surface area contributed by atoms with Crippen LogP contribution in [0.2, 0.25) is 5.02 Å². The number of benzene rings is 2. The lowest BCUT2D eigenvalue weighted by atomic mass is 10.1. The number of hydrogen-bond acceptors (Lipinski definition) is 7. The van der Waals surface area contributed by atoms with E-state index in [1.54, 1.807) is 25.1 Å². The second-order valence-corrected chi connectivity index (χ2v) is 8.03. The van der Waals surface area contributed by atoms with Crippen molar-refractivity contribution in [1.29, 1.82) is 5.26 Å². The highest BCUT2D eigenvalue weighted by Crippen LogP contribution is 2.37. The minimum Gasteiger partial charge on any atom is -0.490 e. The van der Waals surface area contributed by atoms with Crippen LogP contribution in [-0.4, -0.2) is 30.9 Å². The van der Waals surface area contributed by atoms with Gasteiger partial charge in [0.05, 0.1) is 11.6 Å². The molecule has 1 N–H and O–H groups in total. The summed E-state index contributed by atoms with van der Waals surface area (Å²) in [6, 6.07) is 12.6. The molecule has 0 atom stereocenters. The van der Waals surface area contributed by atoms with Gasteiger partial charge in [0.1, 0.15) is 36.4 Å². The first-order chi connectivity index (χ1) is 16.8. The van der Waals surface area contributed by atoms with E-state index >= 15 is 0 Å². The smallest absolute Gasteiger partial charge is 0.267 e. The van der Waals surface area contributed by atoms with Gasteiger partial charge in [-0.25, -0.2) is 0 Å². The van der Waals surface area contributed by atoms with E-state index in [0.29, 0.717) is 36.0 Å². The highest BCUT2D eigenvalue weighted by Gasteiger charge is 2.16. The van der Waals surface area contributed by atoms with E-state index in [9.17, 15) is 10.1 Å². The fourth-order valence-electron chi connectivity index (χ4n) is 3.31. The predicted molar refractivity (Wildman–Crippen MR) is 133 cm³/mol. The maximum atomic E-state index is 12.5. The van der Waals surface area contributed by atoms with Crippen molar-refractivity contribution < 1.29 is 23.5 Å². The highest BCUT2D eigenvalue weighted by molar-refractivity contribution is 6.32. The van der Waals surface area contributed by atoms with Gasteiger partial charge in [0.2, 0.25) is 0 Å². The quantitative estimate of drug-likeness (QED) is 0.220. The molecule has 8 nitrogen and oxygen atoms in total. The van der Waals surface area contributed by atoms with Gasteiger partial charge in [0.15, 0.2) is 17.3 Å². The number of amides is 1. The topological polar surface area (TPSA) is 107 Å². The van der Waals surface area contributed by atoms with Gasteiger partial charge < -0.3 is 24.1 Å².